The number of hydrogen-bond acceptors (Lipinski definition) is 4. The molecule has 0 radical (unpaired) electrons. The lowest BCUT2D eigenvalue weighted by atomic mass is 10.2. The molecule has 2 aromatic heterocycles. The fourth-order valence-corrected chi connectivity index (χ4v) is 2.26. The Morgan fingerprint density at radius 2 is 2.25 bits per heavy atom. The van der Waals surface area contributed by atoms with E-state index < -0.39 is 17.9 Å². The molecule has 0 aliphatic heterocycles. The molecule has 2 aromatic rings. The Morgan fingerprint density at radius 3 is 2.85 bits per heavy atom. The van der Waals surface area contributed by atoms with E-state index in [0.29, 0.717) is 6.42 Å². The summed E-state index contributed by atoms with van der Waals surface area (Å²) in [6.45, 7) is 0. The molecule has 2 heterocycles. The van der Waals surface area contributed by atoms with Crippen LogP contribution in [-0.2, 0) is 17.4 Å². The van der Waals surface area contributed by atoms with Gasteiger partial charge < -0.3 is 0 Å². The maximum absolute atomic E-state index is 12.3. The molecule has 1 amide bonds. The molecule has 0 bridgehead atoms. The van der Waals surface area contributed by atoms with Gasteiger partial charge in [-0.1, -0.05) is 6.07 Å². The summed E-state index contributed by atoms with van der Waals surface area (Å²) in [6.07, 6.45) is -3.03. The molecule has 0 fully saturated rings. The largest absolute Gasteiger partial charge is 0.451 e. The minimum Gasteiger partial charge on any atom is -0.293 e. The van der Waals surface area contributed by atoms with Gasteiger partial charge in [-0.05, 0) is 24.3 Å². The SMILES string of the molecule is O=C(CCCc1cccs1)Nc1n[nH]c(C(F)(F)F)n1. The van der Waals surface area contributed by atoms with Gasteiger partial charge in [0.05, 0.1) is 0 Å². The number of alkyl halides is 3. The predicted molar refractivity (Wildman–Crippen MR) is 67.3 cm³/mol. The second-order valence-corrected chi connectivity index (χ2v) is 5.02. The van der Waals surface area contributed by atoms with Crippen molar-refractivity contribution in [1.82, 2.24) is 15.2 Å². The van der Waals surface area contributed by atoms with Gasteiger partial charge in [-0.15, -0.1) is 16.4 Å². The van der Waals surface area contributed by atoms with Gasteiger partial charge in [-0.3, -0.25) is 15.2 Å². The third-order valence-corrected chi connectivity index (χ3v) is 3.35. The number of carbonyl (C=O) groups is 1. The van der Waals surface area contributed by atoms with Crippen molar-refractivity contribution in [1.29, 1.82) is 0 Å². The first kappa shape index (κ1) is 14.5. The van der Waals surface area contributed by atoms with Crippen molar-refractivity contribution < 1.29 is 18.0 Å². The molecule has 108 valence electrons. The Kier molecular flexibility index (Phi) is 4.38. The Labute approximate surface area is 116 Å². The van der Waals surface area contributed by atoms with Crippen LogP contribution in [0.2, 0.25) is 0 Å². The number of aromatic nitrogens is 3. The van der Waals surface area contributed by atoms with Gasteiger partial charge in [-0.25, -0.2) is 0 Å². The molecule has 0 atom stereocenters. The zero-order valence-electron chi connectivity index (χ0n) is 10.2. The van der Waals surface area contributed by atoms with E-state index in [9.17, 15) is 18.0 Å². The highest BCUT2D eigenvalue weighted by molar-refractivity contribution is 7.09. The average molecular weight is 304 g/mol. The second-order valence-electron chi connectivity index (χ2n) is 3.99. The van der Waals surface area contributed by atoms with Crippen LogP contribution >= 0.6 is 11.3 Å². The van der Waals surface area contributed by atoms with E-state index in [0.717, 1.165) is 11.3 Å². The van der Waals surface area contributed by atoms with Gasteiger partial charge in [0, 0.05) is 11.3 Å². The molecule has 0 aliphatic rings. The van der Waals surface area contributed by atoms with Crippen molar-refractivity contribution in [3.05, 3.63) is 28.2 Å². The third-order valence-electron chi connectivity index (χ3n) is 2.41. The van der Waals surface area contributed by atoms with Gasteiger partial charge in [0.2, 0.25) is 17.7 Å². The molecule has 0 spiro atoms. The van der Waals surface area contributed by atoms with Crippen molar-refractivity contribution in [3.8, 4) is 0 Å². The van der Waals surface area contributed by atoms with E-state index >= 15 is 0 Å². The summed E-state index contributed by atoms with van der Waals surface area (Å²) in [5.41, 5.74) is 0. The van der Waals surface area contributed by atoms with Crippen molar-refractivity contribution in [3.63, 3.8) is 0 Å². The van der Waals surface area contributed by atoms with Gasteiger partial charge in [0.1, 0.15) is 0 Å². The van der Waals surface area contributed by atoms with Crippen LogP contribution in [0.3, 0.4) is 0 Å². The molecule has 0 saturated heterocycles. The molecule has 2 N–H and O–H groups in total. The number of H-pyrrole nitrogens is 1. The maximum atomic E-state index is 12.3. The summed E-state index contributed by atoms with van der Waals surface area (Å²) >= 11 is 1.60. The van der Waals surface area contributed by atoms with E-state index in [2.05, 4.69) is 15.4 Å². The van der Waals surface area contributed by atoms with E-state index in [1.807, 2.05) is 17.5 Å². The molecular formula is C11H11F3N4OS. The number of nitrogens with zero attached hydrogens (tertiary/aromatic N) is 2. The zero-order valence-corrected chi connectivity index (χ0v) is 11.0. The quantitative estimate of drug-likeness (QED) is 0.892. The van der Waals surface area contributed by atoms with Gasteiger partial charge in [-0.2, -0.15) is 18.2 Å². The highest BCUT2D eigenvalue weighted by Gasteiger charge is 2.35. The van der Waals surface area contributed by atoms with Crippen LogP contribution in [-0.4, -0.2) is 21.1 Å². The van der Waals surface area contributed by atoms with Gasteiger partial charge >= 0.3 is 6.18 Å². The van der Waals surface area contributed by atoms with Gasteiger partial charge in [0.15, 0.2) is 0 Å². The third kappa shape index (κ3) is 4.05. The van der Waals surface area contributed by atoms with Crippen molar-refractivity contribution in [2.45, 2.75) is 25.4 Å². The number of amides is 1. The summed E-state index contributed by atoms with van der Waals surface area (Å²) < 4.78 is 36.8. The molecule has 0 unspecified atom stereocenters. The zero-order chi connectivity index (χ0) is 14.6. The normalized spacial score (nSPS) is 11.6. The number of aromatic amines is 1. The highest BCUT2D eigenvalue weighted by Crippen LogP contribution is 2.26. The first-order chi connectivity index (χ1) is 9.45. The number of thiophene rings is 1. The number of halogens is 3. The lowest BCUT2D eigenvalue weighted by Gasteiger charge is -2.00. The maximum Gasteiger partial charge on any atom is 0.451 e. The molecule has 9 heteroatoms. The topological polar surface area (TPSA) is 70.7 Å². The molecule has 2 rings (SSSR count). The molecule has 0 aliphatic carbocycles. The Morgan fingerprint density at radius 1 is 1.45 bits per heavy atom. The van der Waals surface area contributed by atoms with Crippen molar-refractivity contribution in [2.24, 2.45) is 0 Å². The molecule has 0 aromatic carbocycles. The molecule has 0 saturated carbocycles. The Balaban J connectivity index is 1.78. The van der Waals surface area contributed by atoms with E-state index in [1.165, 1.54) is 0 Å². The van der Waals surface area contributed by atoms with E-state index in [-0.39, 0.29) is 12.4 Å². The first-order valence-corrected chi connectivity index (χ1v) is 6.65. The summed E-state index contributed by atoms with van der Waals surface area (Å²) in [7, 11) is 0. The fourth-order valence-electron chi connectivity index (χ4n) is 1.51. The predicted octanol–water partition coefficient (Wildman–Crippen LogP) is 2.85. The van der Waals surface area contributed by atoms with Crippen LogP contribution in [0.5, 0.6) is 0 Å². The lowest BCUT2D eigenvalue weighted by molar-refractivity contribution is -0.144. The van der Waals surface area contributed by atoms with Gasteiger partial charge in [0.25, 0.3) is 0 Å². The number of rotatable bonds is 5. The fraction of sp³-hybridized carbons (Fsp3) is 0.364. The number of nitrogens with one attached hydrogen (secondary N) is 2. The minimum atomic E-state index is -4.60. The van der Waals surface area contributed by atoms with Crippen LogP contribution in [0.15, 0.2) is 17.5 Å². The smallest absolute Gasteiger partial charge is 0.293 e. The van der Waals surface area contributed by atoms with Crippen molar-refractivity contribution >= 4 is 23.2 Å². The Hall–Kier alpha value is -1.90. The summed E-state index contributed by atoms with van der Waals surface area (Å²) in [4.78, 5) is 15.8. The summed E-state index contributed by atoms with van der Waals surface area (Å²) in [6, 6.07) is 3.89. The molecule has 5 nitrogen and oxygen atoms in total. The number of aryl methyl sites for hydroxylation is 1. The highest BCUT2D eigenvalue weighted by atomic mass is 32.1. The number of carbonyl (C=O) groups excluding carboxylic acids is 1. The van der Waals surface area contributed by atoms with Crippen LogP contribution in [0.25, 0.3) is 0 Å². The summed E-state index contributed by atoms with van der Waals surface area (Å²) in [5, 5.41) is 9.20. The summed E-state index contributed by atoms with van der Waals surface area (Å²) in [5.74, 6) is -2.00. The van der Waals surface area contributed by atoms with Crippen LogP contribution < -0.4 is 5.32 Å². The number of hydrogen-bond donors (Lipinski definition) is 2. The minimum absolute atomic E-state index is 0.202. The lowest BCUT2D eigenvalue weighted by Crippen LogP contribution is -2.13. The van der Waals surface area contributed by atoms with Crippen LogP contribution in [0, 0.1) is 0 Å². The average Bonchev–Trinajstić information content (AvgIpc) is 2.98. The van der Waals surface area contributed by atoms with E-state index in [4.69, 9.17) is 0 Å². The van der Waals surface area contributed by atoms with Crippen molar-refractivity contribution in [2.75, 3.05) is 5.32 Å². The molecular weight excluding hydrogens is 293 g/mol. The van der Waals surface area contributed by atoms with E-state index in [1.54, 1.807) is 16.4 Å². The molecule has 20 heavy (non-hydrogen) atoms. The number of anilines is 1. The monoisotopic (exact) mass is 304 g/mol. The van der Waals surface area contributed by atoms with Crippen LogP contribution in [0.4, 0.5) is 19.1 Å². The Bertz CT molecular complexity index is 564. The first-order valence-electron chi connectivity index (χ1n) is 5.77. The standard InChI is InChI=1S/C11H11F3N4OS/c12-11(13,14)9-16-10(18-17-9)15-8(19)5-1-3-7-4-2-6-20-7/h2,4,6H,1,3,5H2,(H2,15,16,17,18,19). The van der Waals surface area contributed by atoms with Crippen LogP contribution in [0.1, 0.15) is 23.5 Å². The second kappa shape index (κ2) is 6.04.